The molecular formula is C22H22FN3O3. The van der Waals surface area contributed by atoms with Gasteiger partial charge in [0.05, 0.1) is 31.1 Å². The fourth-order valence-electron chi connectivity index (χ4n) is 3.81. The third-order valence-corrected chi connectivity index (χ3v) is 5.29. The topological polar surface area (TPSA) is 67.6 Å². The van der Waals surface area contributed by atoms with Crippen LogP contribution in [-0.2, 0) is 5.60 Å². The van der Waals surface area contributed by atoms with Crippen LogP contribution in [0.4, 0.5) is 4.39 Å². The van der Waals surface area contributed by atoms with Crippen LogP contribution in [-0.4, -0.2) is 45.9 Å². The number of aromatic nitrogens is 2. The molecule has 1 amide bonds. The zero-order valence-corrected chi connectivity index (χ0v) is 16.1. The van der Waals surface area contributed by atoms with Crippen molar-refractivity contribution in [2.24, 2.45) is 0 Å². The van der Waals surface area contributed by atoms with Gasteiger partial charge in [-0.3, -0.25) is 4.79 Å². The van der Waals surface area contributed by atoms with Gasteiger partial charge in [0.25, 0.3) is 5.91 Å². The largest absolute Gasteiger partial charge is 0.496 e. The molecular weight excluding hydrogens is 373 g/mol. The lowest BCUT2D eigenvalue weighted by atomic mass is 9.85. The summed E-state index contributed by atoms with van der Waals surface area (Å²) in [5.41, 5.74) is 0.586. The Morgan fingerprint density at radius 2 is 1.97 bits per heavy atom. The lowest BCUT2D eigenvalue weighted by molar-refractivity contribution is -0.0303. The summed E-state index contributed by atoms with van der Waals surface area (Å²) in [4.78, 5) is 14.7. The highest BCUT2D eigenvalue weighted by Crippen LogP contribution is 2.37. The molecule has 0 spiro atoms. The maximum absolute atomic E-state index is 13.1. The van der Waals surface area contributed by atoms with E-state index in [1.54, 1.807) is 36.4 Å². The van der Waals surface area contributed by atoms with E-state index in [0.717, 1.165) is 0 Å². The third kappa shape index (κ3) is 3.73. The number of piperidine rings is 1. The van der Waals surface area contributed by atoms with Gasteiger partial charge in [0.2, 0.25) is 0 Å². The molecule has 7 heteroatoms. The summed E-state index contributed by atoms with van der Waals surface area (Å²) in [6.07, 6.45) is 4.33. The van der Waals surface area contributed by atoms with Crippen molar-refractivity contribution in [3.63, 3.8) is 0 Å². The van der Waals surface area contributed by atoms with E-state index in [9.17, 15) is 14.3 Å². The maximum atomic E-state index is 13.1. The molecule has 1 atom stereocenters. The number of para-hydroxylation sites is 1. The lowest BCUT2D eigenvalue weighted by Gasteiger charge is -2.40. The Bertz CT molecular complexity index is 1020. The van der Waals surface area contributed by atoms with Crippen molar-refractivity contribution in [3.8, 4) is 11.4 Å². The Labute approximate surface area is 168 Å². The highest BCUT2D eigenvalue weighted by Gasteiger charge is 2.39. The number of hydrogen-bond acceptors (Lipinski definition) is 4. The number of benzene rings is 2. The first kappa shape index (κ1) is 19.1. The zero-order valence-electron chi connectivity index (χ0n) is 16.1. The highest BCUT2D eigenvalue weighted by atomic mass is 19.1. The Morgan fingerprint density at radius 3 is 2.72 bits per heavy atom. The minimum Gasteiger partial charge on any atom is -0.496 e. The standard InChI is InChI=1S/C22H22FN3O3/c1-29-20-6-3-2-5-19(20)22(28)11-4-12-25(15-22)21(27)16-13-24-26(14-16)18-9-7-17(23)8-10-18/h2-3,5-10,13-14,28H,4,11-12,15H2,1H3/t22-/m1/s1. The Balaban J connectivity index is 1.56. The second kappa shape index (κ2) is 7.67. The number of rotatable bonds is 4. The molecule has 1 fully saturated rings. The van der Waals surface area contributed by atoms with Gasteiger partial charge < -0.3 is 14.7 Å². The Kier molecular flexibility index (Phi) is 5.07. The number of hydrogen-bond donors (Lipinski definition) is 1. The van der Waals surface area contributed by atoms with Gasteiger partial charge in [-0.15, -0.1) is 0 Å². The predicted octanol–water partition coefficient (Wildman–Crippen LogP) is 3.14. The monoisotopic (exact) mass is 395 g/mol. The van der Waals surface area contributed by atoms with Gasteiger partial charge in [-0.05, 0) is 43.2 Å². The molecule has 1 aliphatic heterocycles. The number of methoxy groups -OCH3 is 1. The summed E-state index contributed by atoms with van der Waals surface area (Å²) in [5.74, 6) is 0.0703. The van der Waals surface area contributed by atoms with E-state index in [1.807, 2.05) is 18.2 Å². The van der Waals surface area contributed by atoms with Crippen LogP contribution in [0, 0.1) is 5.82 Å². The van der Waals surface area contributed by atoms with Crippen LogP contribution in [0.3, 0.4) is 0 Å². The number of halogens is 1. The van der Waals surface area contributed by atoms with Crippen molar-refractivity contribution in [1.29, 1.82) is 0 Å². The summed E-state index contributed by atoms with van der Waals surface area (Å²) in [5, 5.41) is 15.5. The first-order chi connectivity index (χ1) is 14.0. The van der Waals surface area contributed by atoms with Crippen molar-refractivity contribution < 1.29 is 19.0 Å². The molecule has 0 unspecified atom stereocenters. The first-order valence-electron chi connectivity index (χ1n) is 9.46. The van der Waals surface area contributed by atoms with Crippen molar-refractivity contribution in [2.75, 3.05) is 20.2 Å². The quantitative estimate of drug-likeness (QED) is 0.737. The van der Waals surface area contributed by atoms with Crippen molar-refractivity contribution in [2.45, 2.75) is 18.4 Å². The second-order valence-electron chi connectivity index (χ2n) is 7.21. The normalized spacial score (nSPS) is 19.2. The number of carbonyl (C=O) groups excluding carboxylic acids is 1. The molecule has 1 aliphatic rings. The smallest absolute Gasteiger partial charge is 0.257 e. The van der Waals surface area contributed by atoms with Gasteiger partial charge in [0.15, 0.2) is 0 Å². The second-order valence-corrected chi connectivity index (χ2v) is 7.21. The summed E-state index contributed by atoms with van der Waals surface area (Å²) in [7, 11) is 1.57. The van der Waals surface area contributed by atoms with Gasteiger partial charge in [-0.2, -0.15) is 5.10 Å². The molecule has 2 aromatic carbocycles. The van der Waals surface area contributed by atoms with Crippen molar-refractivity contribution >= 4 is 5.91 Å². The van der Waals surface area contributed by atoms with E-state index < -0.39 is 5.60 Å². The molecule has 29 heavy (non-hydrogen) atoms. The molecule has 2 heterocycles. The first-order valence-corrected chi connectivity index (χ1v) is 9.46. The van der Waals surface area contributed by atoms with Crippen LogP contribution >= 0.6 is 0 Å². The molecule has 6 nitrogen and oxygen atoms in total. The SMILES string of the molecule is COc1ccccc1[C@@]1(O)CCCN(C(=O)c2cnn(-c3ccc(F)cc3)c2)C1. The van der Waals surface area contributed by atoms with Gasteiger partial charge >= 0.3 is 0 Å². The molecule has 3 aromatic rings. The molecule has 1 aromatic heterocycles. The van der Waals surface area contributed by atoms with E-state index in [1.165, 1.54) is 23.0 Å². The van der Waals surface area contributed by atoms with Crippen LogP contribution in [0.25, 0.3) is 5.69 Å². The van der Waals surface area contributed by atoms with Gasteiger partial charge in [-0.1, -0.05) is 18.2 Å². The number of ether oxygens (including phenoxy) is 1. The minimum absolute atomic E-state index is 0.175. The van der Waals surface area contributed by atoms with Gasteiger partial charge in [-0.25, -0.2) is 9.07 Å². The molecule has 4 rings (SSSR count). The minimum atomic E-state index is -1.17. The predicted molar refractivity (Wildman–Crippen MR) is 106 cm³/mol. The van der Waals surface area contributed by atoms with Crippen LogP contribution in [0.2, 0.25) is 0 Å². The summed E-state index contributed by atoms with van der Waals surface area (Å²) < 4.78 is 20.1. The van der Waals surface area contributed by atoms with Crippen LogP contribution < -0.4 is 4.74 Å². The number of amides is 1. The molecule has 0 aliphatic carbocycles. The highest BCUT2D eigenvalue weighted by molar-refractivity contribution is 5.94. The van der Waals surface area contributed by atoms with E-state index >= 15 is 0 Å². The fraction of sp³-hybridized carbons (Fsp3) is 0.273. The van der Waals surface area contributed by atoms with Gasteiger partial charge in [0, 0.05) is 18.3 Å². The molecule has 1 N–H and O–H groups in total. The lowest BCUT2D eigenvalue weighted by Crippen LogP contribution is -2.48. The van der Waals surface area contributed by atoms with Crippen molar-refractivity contribution in [1.82, 2.24) is 14.7 Å². The summed E-state index contributed by atoms with van der Waals surface area (Å²) in [6.45, 7) is 0.728. The van der Waals surface area contributed by atoms with E-state index in [-0.39, 0.29) is 18.3 Å². The number of β-amino-alcohol motifs (C(OH)–C–C–N with tert-alkyl or cyclic N) is 1. The molecule has 1 saturated heterocycles. The third-order valence-electron chi connectivity index (χ3n) is 5.29. The number of carbonyl (C=O) groups is 1. The molecule has 0 saturated carbocycles. The average Bonchev–Trinajstić information content (AvgIpc) is 3.24. The Hall–Kier alpha value is -3.19. The maximum Gasteiger partial charge on any atom is 0.257 e. The van der Waals surface area contributed by atoms with E-state index in [2.05, 4.69) is 5.10 Å². The average molecular weight is 395 g/mol. The van der Waals surface area contributed by atoms with Crippen LogP contribution in [0.1, 0.15) is 28.8 Å². The van der Waals surface area contributed by atoms with Crippen LogP contribution in [0.5, 0.6) is 5.75 Å². The number of aliphatic hydroxyl groups is 1. The molecule has 150 valence electrons. The summed E-state index contributed by atoms with van der Waals surface area (Å²) in [6, 6.07) is 13.2. The Morgan fingerprint density at radius 1 is 1.21 bits per heavy atom. The van der Waals surface area contributed by atoms with E-state index in [0.29, 0.717) is 42.0 Å². The number of likely N-dealkylation sites (tertiary alicyclic amines) is 1. The zero-order chi connectivity index (χ0) is 20.4. The number of nitrogens with zero attached hydrogens (tertiary/aromatic N) is 3. The van der Waals surface area contributed by atoms with Crippen molar-refractivity contribution in [3.05, 3.63) is 77.9 Å². The molecule has 0 radical (unpaired) electrons. The van der Waals surface area contributed by atoms with Crippen LogP contribution in [0.15, 0.2) is 60.9 Å². The fourth-order valence-corrected chi connectivity index (χ4v) is 3.81. The van der Waals surface area contributed by atoms with Gasteiger partial charge in [0.1, 0.15) is 17.2 Å². The van der Waals surface area contributed by atoms with E-state index in [4.69, 9.17) is 4.74 Å². The molecule has 0 bridgehead atoms. The summed E-state index contributed by atoms with van der Waals surface area (Å²) >= 11 is 0.